The van der Waals surface area contributed by atoms with Crippen molar-refractivity contribution in [1.29, 1.82) is 0 Å². The second-order valence-electron chi connectivity index (χ2n) is 8.14. The van der Waals surface area contributed by atoms with Crippen LogP contribution in [0.3, 0.4) is 0 Å². The molecule has 154 valence electrons. The van der Waals surface area contributed by atoms with E-state index in [0.717, 1.165) is 54.2 Å². The number of hydrogen-bond donors (Lipinski definition) is 0. The highest BCUT2D eigenvalue weighted by atomic mass is 16.2. The van der Waals surface area contributed by atoms with Crippen molar-refractivity contribution >= 4 is 28.3 Å². The van der Waals surface area contributed by atoms with Gasteiger partial charge in [-0.15, -0.1) is 10.2 Å². The predicted octanol–water partition coefficient (Wildman–Crippen LogP) is 3.58. The van der Waals surface area contributed by atoms with E-state index in [4.69, 9.17) is 0 Å². The van der Waals surface area contributed by atoms with Gasteiger partial charge in [0.25, 0.3) is 5.91 Å². The molecule has 0 unspecified atom stereocenters. The third kappa shape index (κ3) is 3.82. The zero-order valence-corrected chi connectivity index (χ0v) is 17.2. The minimum absolute atomic E-state index is 0.104. The van der Waals surface area contributed by atoms with Crippen LogP contribution in [0, 0.1) is 0 Å². The number of carbonyl (C=O) groups excluding carboxylic acids is 1. The maximum Gasteiger partial charge on any atom is 0.253 e. The second kappa shape index (κ2) is 8.30. The van der Waals surface area contributed by atoms with Crippen LogP contribution in [0.2, 0.25) is 0 Å². The van der Waals surface area contributed by atoms with Gasteiger partial charge >= 0.3 is 0 Å². The van der Waals surface area contributed by atoms with E-state index in [2.05, 4.69) is 44.3 Å². The highest BCUT2D eigenvalue weighted by Crippen LogP contribution is 2.21. The normalized spacial score (nSPS) is 17.4. The number of piperazine rings is 1. The molecular formula is C24H27N5O. The lowest BCUT2D eigenvalue weighted by Gasteiger charge is -2.35. The zero-order valence-electron chi connectivity index (χ0n) is 17.2. The van der Waals surface area contributed by atoms with Gasteiger partial charge in [-0.05, 0) is 54.3 Å². The molecule has 6 nitrogen and oxygen atoms in total. The number of aromatic nitrogens is 2. The Kier molecular flexibility index (Phi) is 5.22. The van der Waals surface area contributed by atoms with Crippen molar-refractivity contribution in [2.75, 3.05) is 49.1 Å². The maximum atomic E-state index is 13.0. The van der Waals surface area contributed by atoms with Crippen LogP contribution >= 0.6 is 0 Å². The molecule has 5 rings (SSSR count). The van der Waals surface area contributed by atoms with E-state index in [9.17, 15) is 4.79 Å². The first-order valence-electron chi connectivity index (χ1n) is 10.9. The van der Waals surface area contributed by atoms with Crippen LogP contribution in [-0.2, 0) is 0 Å². The van der Waals surface area contributed by atoms with Gasteiger partial charge in [0.05, 0.1) is 0 Å². The lowest BCUT2D eigenvalue weighted by atomic mass is 10.1. The number of amides is 1. The van der Waals surface area contributed by atoms with Gasteiger partial charge in [0, 0.05) is 44.8 Å². The number of fused-ring (bicyclic) bond motifs is 1. The standard InChI is InChI=1S/C24H27N5O/c30-24(21-9-8-19-6-2-3-7-20(19)18-21)29-16-14-28(15-17-29)23-11-10-22(25-26-23)27-12-4-1-5-13-27/h2-3,6-11,18H,1,4-5,12-17H2. The monoisotopic (exact) mass is 401 g/mol. The van der Waals surface area contributed by atoms with Gasteiger partial charge < -0.3 is 14.7 Å². The van der Waals surface area contributed by atoms with Crippen LogP contribution in [0.5, 0.6) is 0 Å². The summed E-state index contributed by atoms with van der Waals surface area (Å²) < 4.78 is 0. The number of nitrogens with zero attached hydrogens (tertiary/aromatic N) is 5. The Morgan fingerprint density at radius 3 is 1.97 bits per heavy atom. The lowest BCUT2D eigenvalue weighted by Crippen LogP contribution is -2.49. The zero-order chi connectivity index (χ0) is 20.3. The van der Waals surface area contributed by atoms with E-state index in [1.54, 1.807) is 0 Å². The van der Waals surface area contributed by atoms with Crippen LogP contribution in [0.25, 0.3) is 10.8 Å². The SMILES string of the molecule is O=C(c1ccc2ccccc2c1)N1CCN(c2ccc(N3CCCCC3)nn2)CC1. The number of piperidine rings is 1. The van der Waals surface area contributed by atoms with E-state index in [-0.39, 0.29) is 5.91 Å². The van der Waals surface area contributed by atoms with Gasteiger partial charge in [-0.3, -0.25) is 4.79 Å². The lowest BCUT2D eigenvalue weighted by molar-refractivity contribution is 0.0746. The molecule has 2 aliphatic heterocycles. The molecule has 2 aliphatic rings. The molecule has 6 heteroatoms. The van der Waals surface area contributed by atoms with E-state index >= 15 is 0 Å². The van der Waals surface area contributed by atoms with Gasteiger partial charge in [0.15, 0.2) is 11.6 Å². The molecule has 0 atom stereocenters. The van der Waals surface area contributed by atoms with Crippen LogP contribution in [0.15, 0.2) is 54.6 Å². The van der Waals surface area contributed by atoms with E-state index in [1.165, 1.54) is 19.3 Å². The Bertz CT molecular complexity index is 1020. The minimum Gasteiger partial charge on any atom is -0.355 e. The molecule has 0 spiro atoms. The molecule has 0 N–H and O–H groups in total. The van der Waals surface area contributed by atoms with Crippen LogP contribution in [0.4, 0.5) is 11.6 Å². The average molecular weight is 402 g/mol. The Hall–Kier alpha value is -3.15. The quantitative estimate of drug-likeness (QED) is 0.671. The summed E-state index contributed by atoms with van der Waals surface area (Å²) in [5, 5.41) is 11.2. The third-order valence-corrected chi connectivity index (χ3v) is 6.20. The topological polar surface area (TPSA) is 52.6 Å². The Balaban J connectivity index is 1.21. The number of rotatable bonds is 3. The molecule has 3 aromatic rings. The summed E-state index contributed by atoms with van der Waals surface area (Å²) in [5.74, 6) is 1.98. The van der Waals surface area contributed by atoms with E-state index < -0.39 is 0 Å². The molecule has 0 aliphatic carbocycles. The van der Waals surface area contributed by atoms with Crippen molar-refractivity contribution < 1.29 is 4.79 Å². The number of carbonyl (C=O) groups is 1. The molecule has 2 saturated heterocycles. The smallest absolute Gasteiger partial charge is 0.253 e. The summed E-state index contributed by atoms with van der Waals surface area (Å²) in [7, 11) is 0. The van der Waals surface area contributed by atoms with Crippen molar-refractivity contribution in [2.45, 2.75) is 19.3 Å². The van der Waals surface area contributed by atoms with Crippen molar-refractivity contribution in [2.24, 2.45) is 0 Å². The van der Waals surface area contributed by atoms with Gasteiger partial charge in [-0.2, -0.15) is 0 Å². The van der Waals surface area contributed by atoms with E-state index in [1.807, 2.05) is 35.2 Å². The highest BCUT2D eigenvalue weighted by Gasteiger charge is 2.23. The fraction of sp³-hybridized carbons (Fsp3) is 0.375. The molecule has 3 heterocycles. The first-order chi connectivity index (χ1) is 14.8. The van der Waals surface area contributed by atoms with Gasteiger partial charge in [-0.1, -0.05) is 30.3 Å². The summed E-state index contributed by atoms with van der Waals surface area (Å²) in [6.07, 6.45) is 3.78. The maximum absolute atomic E-state index is 13.0. The minimum atomic E-state index is 0.104. The molecule has 0 saturated carbocycles. The largest absolute Gasteiger partial charge is 0.355 e. The summed E-state index contributed by atoms with van der Waals surface area (Å²) >= 11 is 0. The summed E-state index contributed by atoms with van der Waals surface area (Å²) in [5.41, 5.74) is 0.757. The molecular weight excluding hydrogens is 374 g/mol. The second-order valence-corrected chi connectivity index (χ2v) is 8.14. The van der Waals surface area contributed by atoms with Gasteiger partial charge in [-0.25, -0.2) is 0 Å². The highest BCUT2D eigenvalue weighted by molar-refractivity contribution is 5.98. The van der Waals surface area contributed by atoms with Gasteiger partial charge in [0.1, 0.15) is 0 Å². The first-order valence-corrected chi connectivity index (χ1v) is 10.9. The summed E-state index contributed by atoms with van der Waals surface area (Å²) in [4.78, 5) is 19.5. The Morgan fingerprint density at radius 2 is 1.30 bits per heavy atom. The molecule has 1 amide bonds. The van der Waals surface area contributed by atoms with Crippen LogP contribution in [-0.4, -0.2) is 60.3 Å². The molecule has 0 bridgehead atoms. The fourth-order valence-electron chi connectivity index (χ4n) is 4.42. The average Bonchev–Trinajstić information content (AvgIpc) is 2.84. The van der Waals surface area contributed by atoms with Gasteiger partial charge in [0.2, 0.25) is 0 Å². The number of anilines is 2. The number of benzene rings is 2. The number of hydrogen-bond acceptors (Lipinski definition) is 5. The Morgan fingerprint density at radius 1 is 0.667 bits per heavy atom. The summed E-state index contributed by atoms with van der Waals surface area (Å²) in [6.45, 7) is 5.09. The first kappa shape index (κ1) is 18.9. The van der Waals surface area contributed by atoms with Crippen molar-refractivity contribution in [1.82, 2.24) is 15.1 Å². The predicted molar refractivity (Wildman–Crippen MR) is 120 cm³/mol. The fourth-order valence-corrected chi connectivity index (χ4v) is 4.42. The van der Waals surface area contributed by atoms with Crippen molar-refractivity contribution in [3.8, 4) is 0 Å². The van der Waals surface area contributed by atoms with Crippen molar-refractivity contribution in [3.05, 3.63) is 60.2 Å². The van der Waals surface area contributed by atoms with Crippen LogP contribution < -0.4 is 9.80 Å². The molecule has 2 aromatic carbocycles. The van der Waals surface area contributed by atoms with Crippen LogP contribution in [0.1, 0.15) is 29.6 Å². The molecule has 0 radical (unpaired) electrons. The summed E-state index contributed by atoms with van der Waals surface area (Å²) in [6, 6.07) is 18.3. The molecule has 1 aromatic heterocycles. The Labute approximate surface area is 177 Å². The van der Waals surface area contributed by atoms with E-state index in [0.29, 0.717) is 13.1 Å². The third-order valence-electron chi connectivity index (χ3n) is 6.20. The molecule has 30 heavy (non-hydrogen) atoms. The molecule has 2 fully saturated rings. The van der Waals surface area contributed by atoms with Crippen molar-refractivity contribution in [3.63, 3.8) is 0 Å².